The molecular weight excluding hydrogens is 234 g/mol. The van der Waals surface area contributed by atoms with Gasteiger partial charge in [-0.2, -0.15) is 0 Å². The minimum absolute atomic E-state index is 0.269. The van der Waals surface area contributed by atoms with Gasteiger partial charge in [0.25, 0.3) is 0 Å². The number of hydrogen-bond donors (Lipinski definition) is 1. The highest BCUT2D eigenvalue weighted by molar-refractivity contribution is 7.91. The fourth-order valence-electron chi connectivity index (χ4n) is 1.82. The maximum atomic E-state index is 11.5. The molecule has 0 heterocycles. The monoisotopic (exact) mass is 263 g/mol. The summed E-state index contributed by atoms with van der Waals surface area (Å²) >= 11 is 0. The van der Waals surface area contributed by atoms with Gasteiger partial charge in [-0.05, 0) is 37.8 Å². The molecule has 0 saturated carbocycles. The van der Waals surface area contributed by atoms with Crippen LogP contribution in [0.25, 0.3) is 0 Å². The van der Waals surface area contributed by atoms with E-state index in [2.05, 4.69) is 26.1 Å². The molecule has 0 fully saturated rings. The van der Waals surface area contributed by atoms with E-state index < -0.39 is 9.84 Å². The van der Waals surface area contributed by atoms with Crippen molar-refractivity contribution in [3.05, 3.63) is 0 Å². The first-order valence-electron chi connectivity index (χ1n) is 6.82. The molecule has 0 aromatic carbocycles. The Labute approximate surface area is 107 Å². The fraction of sp³-hybridized carbons (Fsp3) is 1.00. The summed E-state index contributed by atoms with van der Waals surface area (Å²) in [6, 6.07) is 0. The normalized spacial score (nSPS) is 14.2. The molecule has 0 aromatic heterocycles. The molecule has 0 radical (unpaired) electrons. The van der Waals surface area contributed by atoms with Crippen LogP contribution >= 0.6 is 0 Å². The first kappa shape index (κ1) is 16.9. The molecule has 0 spiro atoms. The Bertz CT molecular complexity index is 273. The lowest BCUT2D eigenvalue weighted by atomic mass is 10.0. The van der Waals surface area contributed by atoms with Crippen LogP contribution in [0.4, 0.5) is 0 Å². The smallest absolute Gasteiger partial charge is 0.150 e. The van der Waals surface area contributed by atoms with Crippen LogP contribution in [0.3, 0.4) is 0 Å². The Morgan fingerprint density at radius 2 is 1.71 bits per heavy atom. The van der Waals surface area contributed by atoms with Crippen molar-refractivity contribution in [2.24, 2.45) is 11.8 Å². The summed E-state index contributed by atoms with van der Waals surface area (Å²) in [4.78, 5) is 0. The van der Waals surface area contributed by atoms with Crippen LogP contribution in [-0.4, -0.2) is 33.0 Å². The van der Waals surface area contributed by atoms with E-state index in [0.717, 1.165) is 32.4 Å². The first-order chi connectivity index (χ1) is 7.91. The Kier molecular flexibility index (Phi) is 8.88. The van der Waals surface area contributed by atoms with E-state index in [-0.39, 0.29) is 5.75 Å². The second-order valence-corrected chi connectivity index (χ2v) is 7.70. The van der Waals surface area contributed by atoms with Crippen LogP contribution in [0.2, 0.25) is 0 Å². The molecule has 4 heteroatoms. The molecule has 0 bridgehead atoms. The van der Waals surface area contributed by atoms with Crippen molar-refractivity contribution in [2.75, 3.05) is 24.6 Å². The van der Waals surface area contributed by atoms with Gasteiger partial charge in [-0.3, -0.25) is 0 Å². The summed E-state index contributed by atoms with van der Waals surface area (Å²) < 4.78 is 22.9. The minimum atomic E-state index is -2.80. The van der Waals surface area contributed by atoms with E-state index in [0.29, 0.717) is 17.6 Å². The van der Waals surface area contributed by atoms with Crippen LogP contribution in [0.15, 0.2) is 0 Å². The molecule has 0 aliphatic rings. The second kappa shape index (κ2) is 8.92. The summed E-state index contributed by atoms with van der Waals surface area (Å²) in [7, 11) is -2.80. The molecular formula is C13H29NO2S. The third kappa shape index (κ3) is 9.60. The summed E-state index contributed by atoms with van der Waals surface area (Å²) in [6.45, 7) is 10.2. The Balaban J connectivity index is 3.98. The molecule has 0 aliphatic carbocycles. The van der Waals surface area contributed by atoms with Crippen LogP contribution in [0.5, 0.6) is 0 Å². The van der Waals surface area contributed by atoms with Gasteiger partial charge in [0.1, 0.15) is 9.84 Å². The van der Waals surface area contributed by atoms with Crippen molar-refractivity contribution in [1.29, 1.82) is 0 Å². The fourth-order valence-corrected chi connectivity index (χ4v) is 2.80. The van der Waals surface area contributed by atoms with Gasteiger partial charge < -0.3 is 5.32 Å². The van der Waals surface area contributed by atoms with Crippen molar-refractivity contribution in [3.63, 3.8) is 0 Å². The summed E-state index contributed by atoms with van der Waals surface area (Å²) in [5.41, 5.74) is 0. The summed E-state index contributed by atoms with van der Waals surface area (Å²) in [5, 5.41) is 3.43. The van der Waals surface area contributed by atoms with Crippen LogP contribution in [-0.2, 0) is 9.84 Å². The zero-order valence-electron chi connectivity index (χ0n) is 11.8. The minimum Gasteiger partial charge on any atom is -0.316 e. The topological polar surface area (TPSA) is 46.2 Å². The average Bonchev–Trinajstić information content (AvgIpc) is 2.25. The molecule has 3 nitrogen and oxygen atoms in total. The van der Waals surface area contributed by atoms with Gasteiger partial charge in [-0.15, -0.1) is 0 Å². The lowest BCUT2D eigenvalue weighted by Crippen LogP contribution is -2.28. The molecule has 0 aliphatic heterocycles. The van der Waals surface area contributed by atoms with Gasteiger partial charge in [0.2, 0.25) is 0 Å². The van der Waals surface area contributed by atoms with Crippen molar-refractivity contribution >= 4 is 9.84 Å². The van der Waals surface area contributed by atoms with E-state index in [4.69, 9.17) is 0 Å². The average molecular weight is 263 g/mol. The number of sulfone groups is 1. The maximum Gasteiger partial charge on any atom is 0.150 e. The van der Waals surface area contributed by atoms with E-state index in [1.807, 2.05) is 0 Å². The van der Waals surface area contributed by atoms with Crippen molar-refractivity contribution < 1.29 is 8.42 Å². The van der Waals surface area contributed by atoms with Gasteiger partial charge in [0.05, 0.1) is 5.75 Å². The van der Waals surface area contributed by atoms with Crippen molar-refractivity contribution in [3.8, 4) is 0 Å². The highest BCUT2D eigenvalue weighted by Crippen LogP contribution is 2.12. The predicted molar refractivity (Wildman–Crippen MR) is 75.1 cm³/mol. The third-order valence-electron chi connectivity index (χ3n) is 2.96. The van der Waals surface area contributed by atoms with Gasteiger partial charge in [-0.1, -0.05) is 34.1 Å². The predicted octanol–water partition coefficient (Wildman–Crippen LogP) is 2.47. The van der Waals surface area contributed by atoms with Gasteiger partial charge in [0.15, 0.2) is 0 Å². The van der Waals surface area contributed by atoms with Gasteiger partial charge in [-0.25, -0.2) is 8.42 Å². The number of hydrogen-bond acceptors (Lipinski definition) is 3. The van der Waals surface area contributed by atoms with Crippen LogP contribution in [0.1, 0.15) is 47.0 Å². The molecule has 0 aromatic rings. The lowest BCUT2D eigenvalue weighted by molar-refractivity contribution is 0.413. The second-order valence-electron chi connectivity index (χ2n) is 5.23. The molecule has 0 rings (SSSR count). The first-order valence-corrected chi connectivity index (χ1v) is 8.64. The molecule has 104 valence electrons. The van der Waals surface area contributed by atoms with Crippen LogP contribution in [0, 0.1) is 11.8 Å². The zero-order valence-corrected chi connectivity index (χ0v) is 12.6. The maximum absolute atomic E-state index is 11.5. The van der Waals surface area contributed by atoms with Gasteiger partial charge in [0, 0.05) is 5.75 Å². The van der Waals surface area contributed by atoms with E-state index in [1.165, 1.54) is 0 Å². The van der Waals surface area contributed by atoms with Crippen molar-refractivity contribution in [1.82, 2.24) is 5.32 Å². The molecule has 0 saturated heterocycles. The Hall–Kier alpha value is -0.0900. The molecule has 1 N–H and O–H groups in total. The van der Waals surface area contributed by atoms with E-state index in [1.54, 1.807) is 6.92 Å². The van der Waals surface area contributed by atoms with Crippen molar-refractivity contribution in [2.45, 2.75) is 47.0 Å². The molecule has 1 unspecified atom stereocenters. The lowest BCUT2D eigenvalue weighted by Gasteiger charge is -2.17. The zero-order chi connectivity index (χ0) is 13.3. The third-order valence-corrected chi connectivity index (χ3v) is 4.70. The number of nitrogens with one attached hydrogen (secondary N) is 1. The SMILES string of the molecule is CCCC(CCS(=O)(=O)CC)CNCC(C)C. The Morgan fingerprint density at radius 1 is 1.06 bits per heavy atom. The highest BCUT2D eigenvalue weighted by Gasteiger charge is 2.13. The van der Waals surface area contributed by atoms with Gasteiger partial charge >= 0.3 is 0 Å². The quantitative estimate of drug-likeness (QED) is 0.658. The molecule has 0 amide bonds. The van der Waals surface area contributed by atoms with E-state index >= 15 is 0 Å². The highest BCUT2D eigenvalue weighted by atomic mass is 32.2. The summed E-state index contributed by atoms with van der Waals surface area (Å²) in [5.74, 6) is 1.76. The molecule has 17 heavy (non-hydrogen) atoms. The Morgan fingerprint density at radius 3 is 2.18 bits per heavy atom. The standard InChI is InChI=1S/C13H29NO2S/c1-5-7-13(11-14-10-12(3)4)8-9-17(15,16)6-2/h12-14H,5-11H2,1-4H3. The largest absolute Gasteiger partial charge is 0.316 e. The molecule has 1 atom stereocenters. The van der Waals surface area contributed by atoms with E-state index in [9.17, 15) is 8.42 Å². The van der Waals surface area contributed by atoms with Crippen LogP contribution < -0.4 is 5.32 Å². The number of rotatable bonds is 10. The summed E-state index contributed by atoms with van der Waals surface area (Å²) in [6.07, 6.45) is 3.04.